The molecule has 74 valence electrons. The first-order chi connectivity index (χ1) is 6.27. The first-order valence-corrected chi connectivity index (χ1v) is 5.55. The molecule has 0 amide bonds. The van der Waals surface area contributed by atoms with Crippen LogP contribution >= 0.6 is 0 Å². The van der Waals surface area contributed by atoms with E-state index in [1.54, 1.807) is 0 Å². The molecule has 1 unspecified atom stereocenters. The highest BCUT2D eigenvalue weighted by atomic mass is 16.1. The normalized spacial score (nSPS) is 26.2. The third-order valence-electron chi connectivity index (χ3n) is 3.47. The molecule has 0 radical (unpaired) electrons. The van der Waals surface area contributed by atoms with Gasteiger partial charge in [0.1, 0.15) is 5.78 Å². The van der Waals surface area contributed by atoms with Crippen LogP contribution in [0.3, 0.4) is 0 Å². The minimum atomic E-state index is 0.174. The van der Waals surface area contributed by atoms with Gasteiger partial charge in [-0.1, -0.05) is 12.8 Å². The van der Waals surface area contributed by atoms with Crippen molar-refractivity contribution >= 4 is 5.78 Å². The Kier molecular flexibility index (Phi) is 2.68. The largest absolute Gasteiger partial charge is 0.327 e. The predicted molar refractivity (Wildman–Crippen MR) is 52.3 cm³/mol. The van der Waals surface area contributed by atoms with Gasteiger partial charge in [-0.25, -0.2) is 0 Å². The zero-order valence-electron chi connectivity index (χ0n) is 8.17. The summed E-state index contributed by atoms with van der Waals surface area (Å²) in [4.78, 5) is 11.7. The number of ketones is 1. The van der Waals surface area contributed by atoms with E-state index in [-0.39, 0.29) is 6.04 Å². The molecule has 2 N–H and O–H groups in total. The van der Waals surface area contributed by atoms with Crippen molar-refractivity contribution < 1.29 is 4.79 Å². The molecular formula is C11H19NO. The lowest BCUT2D eigenvalue weighted by Gasteiger charge is -2.12. The lowest BCUT2D eigenvalue weighted by Crippen LogP contribution is -2.28. The van der Waals surface area contributed by atoms with Crippen molar-refractivity contribution in [3.05, 3.63) is 0 Å². The fourth-order valence-electron chi connectivity index (χ4n) is 2.34. The Balaban J connectivity index is 1.76. The summed E-state index contributed by atoms with van der Waals surface area (Å²) in [5, 5.41) is 0. The summed E-state index contributed by atoms with van der Waals surface area (Å²) in [6.45, 7) is 0. The topological polar surface area (TPSA) is 43.1 Å². The maximum absolute atomic E-state index is 11.7. The second kappa shape index (κ2) is 3.79. The van der Waals surface area contributed by atoms with Crippen molar-refractivity contribution in [3.63, 3.8) is 0 Å². The van der Waals surface area contributed by atoms with Crippen LogP contribution in [0.15, 0.2) is 0 Å². The molecule has 0 aromatic rings. The van der Waals surface area contributed by atoms with Crippen LogP contribution in [0.4, 0.5) is 0 Å². The van der Waals surface area contributed by atoms with Gasteiger partial charge in [-0.15, -0.1) is 0 Å². The van der Waals surface area contributed by atoms with Crippen LogP contribution < -0.4 is 5.73 Å². The lowest BCUT2D eigenvalue weighted by molar-refractivity contribution is -0.123. The highest BCUT2D eigenvalue weighted by molar-refractivity contribution is 5.81. The van der Waals surface area contributed by atoms with Gasteiger partial charge < -0.3 is 5.73 Å². The van der Waals surface area contributed by atoms with Gasteiger partial charge >= 0.3 is 0 Å². The maximum Gasteiger partial charge on any atom is 0.137 e. The Labute approximate surface area is 79.9 Å². The first kappa shape index (κ1) is 9.20. The molecule has 0 heterocycles. The molecule has 0 aromatic carbocycles. The van der Waals surface area contributed by atoms with E-state index < -0.39 is 0 Å². The summed E-state index contributed by atoms with van der Waals surface area (Å²) < 4.78 is 0. The monoisotopic (exact) mass is 181 g/mol. The Morgan fingerprint density at radius 3 is 2.38 bits per heavy atom. The van der Waals surface area contributed by atoms with E-state index in [1.807, 2.05) is 0 Å². The molecular weight excluding hydrogens is 162 g/mol. The van der Waals surface area contributed by atoms with Gasteiger partial charge in [0.05, 0.1) is 0 Å². The van der Waals surface area contributed by atoms with Gasteiger partial charge in [0.2, 0.25) is 0 Å². The average Bonchev–Trinajstić information content (AvgIpc) is 2.81. The summed E-state index contributed by atoms with van der Waals surface area (Å²) >= 11 is 0. The molecule has 2 heteroatoms. The molecule has 0 bridgehead atoms. The number of hydrogen-bond acceptors (Lipinski definition) is 2. The number of rotatable bonds is 4. The molecule has 2 saturated carbocycles. The fourth-order valence-corrected chi connectivity index (χ4v) is 2.34. The van der Waals surface area contributed by atoms with Crippen LogP contribution in [0.5, 0.6) is 0 Å². The average molecular weight is 181 g/mol. The van der Waals surface area contributed by atoms with E-state index in [4.69, 9.17) is 5.73 Å². The van der Waals surface area contributed by atoms with Crippen LogP contribution in [-0.2, 0) is 4.79 Å². The van der Waals surface area contributed by atoms with Crippen LogP contribution in [0.2, 0.25) is 0 Å². The molecule has 13 heavy (non-hydrogen) atoms. The van der Waals surface area contributed by atoms with E-state index in [0.29, 0.717) is 24.0 Å². The van der Waals surface area contributed by atoms with Crippen molar-refractivity contribution in [2.75, 3.05) is 0 Å². The first-order valence-electron chi connectivity index (χ1n) is 5.55. The molecule has 2 rings (SSSR count). The third-order valence-corrected chi connectivity index (χ3v) is 3.47. The summed E-state index contributed by atoms with van der Waals surface area (Å²) in [7, 11) is 0. The van der Waals surface area contributed by atoms with Crippen molar-refractivity contribution in [1.29, 1.82) is 0 Å². The fraction of sp³-hybridized carbons (Fsp3) is 0.909. The van der Waals surface area contributed by atoms with Gasteiger partial charge in [0.25, 0.3) is 0 Å². The second-order valence-electron chi connectivity index (χ2n) is 4.65. The number of hydrogen-bond donors (Lipinski definition) is 1. The number of nitrogens with two attached hydrogens (primary N) is 1. The minimum absolute atomic E-state index is 0.174. The van der Waals surface area contributed by atoms with E-state index >= 15 is 0 Å². The van der Waals surface area contributed by atoms with E-state index in [1.165, 1.54) is 25.7 Å². The Morgan fingerprint density at radius 2 is 1.85 bits per heavy atom. The highest BCUT2D eigenvalue weighted by Gasteiger charge is 2.32. The number of carbonyl (C=O) groups excluding carboxylic acids is 1. The van der Waals surface area contributed by atoms with Crippen molar-refractivity contribution in [3.8, 4) is 0 Å². The molecule has 0 saturated heterocycles. The highest BCUT2D eigenvalue weighted by Crippen LogP contribution is 2.34. The van der Waals surface area contributed by atoms with Crippen LogP contribution in [0.1, 0.15) is 44.9 Å². The van der Waals surface area contributed by atoms with Gasteiger partial charge in [-0.05, 0) is 31.6 Å². The smallest absolute Gasteiger partial charge is 0.137 e. The van der Waals surface area contributed by atoms with Gasteiger partial charge in [0.15, 0.2) is 0 Å². The summed E-state index contributed by atoms with van der Waals surface area (Å²) in [5.74, 6) is 1.48. The predicted octanol–water partition coefficient (Wildman–Crippen LogP) is 1.87. The van der Waals surface area contributed by atoms with Crippen molar-refractivity contribution in [1.82, 2.24) is 0 Å². The SMILES string of the molecule is NC(CC(=O)C1CCCC1)C1CC1. The summed E-state index contributed by atoms with van der Waals surface area (Å²) in [5.41, 5.74) is 5.93. The van der Waals surface area contributed by atoms with Gasteiger partial charge in [-0.2, -0.15) is 0 Å². The van der Waals surface area contributed by atoms with Gasteiger partial charge in [0, 0.05) is 18.4 Å². The summed E-state index contributed by atoms with van der Waals surface area (Å²) in [6.07, 6.45) is 7.88. The van der Waals surface area contributed by atoms with Gasteiger partial charge in [-0.3, -0.25) is 4.79 Å². The molecule has 0 aliphatic heterocycles. The Morgan fingerprint density at radius 1 is 1.23 bits per heavy atom. The van der Waals surface area contributed by atoms with E-state index in [9.17, 15) is 4.79 Å². The molecule has 1 atom stereocenters. The minimum Gasteiger partial charge on any atom is -0.327 e. The molecule has 2 fully saturated rings. The zero-order valence-corrected chi connectivity index (χ0v) is 8.17. The lowest BCUT2D eigenvalue weighted by atomic mass is 9.95. The molecule has 0 aromatic heterocycles. The maximum atomic E-state index is 11.7. The number of Topliss-reactive ketones (excluding diaryl/α,β-unsaturated/α-hetero) is 1. The molecule has 2 aliphatic rings. The molecule has 2 aliphatic carbocycles. The second-order valence-corrected chi connectivity index (χ2v) is 4.65. The Bertz CT molecular complexity index is 192. The standard InChI is InChI=1S/C11H19NO/c12-10(8-5-6-8)7-11(13)9-3-1-2-4-9/h8-10H,1-7,12H2. The van der Waals surface area contributed by atoms with Crippen LogP contribution in [-0.4, -0.2) is 11.8 Å². The summed E-state index contributed by atoms with van der Waals surface area (Å²) in [6, 6.07) is 0.174. The molecule has 0 spiro atoms. The van der Waals surface area contributed by atoms with Crippen LogP contribution in [0, 0.1) is 11.8 Å². The van der Waals surface area contributed by atoms with E-state index in [2.05, 4.69) is 0 Å². The number of carbonyl (C=O) groups is 1. The zero-order chi connectivity index (χ0) is 9.26. The van der Waals surface area contributed by atoms with Crippen molar-refractivity contribution in [2.45, 2.75) is 51.0 Å². The van der Waals surface area contributed by atoms with Crippen LogP contribution in [0.25, 0.3) is 0 Å². The Hall–Kier alpha value is -0.370. The third kappa shape index (κ3) is 2.31. The molecule has 2 nitrogen and oxygen atoms in total. The van der Waals surface area contributed by atoms with Crippen molar-refractivity contribution in [2.24, 2.45) is 17.6 Å². The quantitative estimate of drug-likeness (QED) is 0.719. The van der Waals surface area contributed by atoms with E-state index in [0.717, 1.165) is 12.8 Å².